The summed E-state index contributed by atoms with van der Waals surface area (Å²) in [5.74, 6) is -0.238. The summed E-state index contributed by atoms with van der Waals surface area (Å²) in [5.41, 5.74) is 7.55. The fraction of sp³-hybridized carbons (Fsp3) is 0. The molecule has 3 aromatic rings. The molecule has 0 saturated heterocycles. The molecule has 5 N–H and O–H groups in total. The normalized spacial score (nSPS) is 10.0. The summed E-state index contributed by atoms with van der Waals surface area (Å²) < 4.78 is 0. The number of hydrogen-bond acceptors (Lipinski definition) is 7. The zero-order valence-corrected chi connectivity index (χ0v) is 14.7. The van der Waals surface area contributed by atoms with Crippen molar-refractivity contribution in [1.29, 1.82) is 0 Å². The highest BCUT2D eigenvalue weighted by Gasteiger charge is 2.06. The third kappa shape index (κ3) is 4.88. The Labute approximate surface area is 160 Å². The van der Waals surface area contributed by atoms with Crippen molar-refractivity contribution in [3.8, 4) is 0 Å². The molecule has 0 fully saturated rings. The van der Waals surface area contributed by atoms with Gasteiger partial charge < -0.3 is 21.7 Å². The van der Waals surface area contributed by atoms with Gasteiger partial charge in [-0.2, -0.15) is 4.98 Å². The molecular formula is C19H17N7O2. The standard InChI is InChI=1S/C19H17N7O2/c1-2-16(27)23-14-7-4-8-15(10-14)25-19-22-11-21-18(26-19)24-13-6-3-5-12(9-13)17(20)28/h2-11H,1H2,(H2,20,28)(H,23,27)(H2,21,22,24,25,26). The van der Waals surface area contributed by atoms with Crippen molar-refractivity contribution >= 4 is 40.8 Å². The minimum absolute atomic E-state index is 0.287. The van der Waals surface area contributed by atoms with Gasteiger partial charge in [0, 0.05) is 22.6 Å². The van der Waals surface area contributed by atoms with E-state index in [2.05, 4.69) is 37.5 Å². The lowest BCUT2D eigenvalue weighted by molar-refractivity contribution is -0.111. The second-order valence-corrected chi connectivity index (χ2v) is 5.60. The van der Waals surface area contributed by atoms with Crippen molar-refractivity contribution in [1.82, 2.24) is 15.0 Å². The van der Waals surface area contributed by atoms with Gasteiger partial charge >= 0.3 is 0 Å². The maximum atomic E-state index is 11.4. The van der Waals surface area contributed by atoms with Crippen LogP contribution in [0.2, 0.25) is 0 Å². The van der Waals surface area contributed by atoms with Crippen LogP contribution in [0, 0.1) is 0 Å². The van der Waals surface area contributed by atoms with Crippen LogP contribution >= 0.6 is 0 Å². The van der Waals surface area contributed by atoms with E-state index in [1.807, 2.05) is 0 Å². The maximum Gasteiger partial charge on any atom is 0.248 e. The number of nitrogens with zero attached hydrogens (tertiary/aromatic N) is 3. The van der Waals surface area contributed by atoms with Gasteiger partial charge in [0.1, 0.15) is 6.33 Å². The molecule has 9 nitrogen and oxygen atoms in total. The first kappa shape index (κ1) is 18.5. The number of aromatic nitrogens is 3. The predicted molar refractivity (Wildman–Crippen MR) is 107 cm³/mol. The molecule has 0 atom stereocenters. The van der Waals surface area contributed by atoms with Gasteiger partial charge in [0.25, 0.3) is 0 Å². The van der Waals surface area contributed by atoms with Gasteiger partial charge in [-0.3, -0.25) is 9.59 Å². The van der Waals surface area contributed by atoms with Gasteiger partial charge in [-0.25, -0.2) is 9.97 Å². The lowest BCUT2D eigenvalue weighted by Gasteiger charge is -2.09. The first-order valence-electron chi connectivity index (χ1n) is 8.20. The van der Waals surface area contributed by atoms with E-state index in [1.54, 1.807) is 48.5 Å². The number of carbonyl (C=O) groups is 2. The minimum atomic E-state index is -0.523. The van der Waals surface area contributed by atoms with E-state index >= 15 is 0 Å². The Morgan fingerprint density at radius 2 is 1.54 bits per heavy atom. The summed E-state index contributed by atoms with van der Waals surface area (Å²) in [6, 6.07) is 13.7. The smallest absolute Gasteiger partial charge is 0.248 e. The van der Waals surface area contributed by atoms with Crippen LogP contribution in [0.15, 0.2) is 67.5 Å². The van der Waals surface area contributed by atoms with E-state index in [4.69, 9.17) is 5.73 Å². The van der Waals surface area contributed by atoms with Crippen LogP contribution in [0.25, 0.3) is 0 Å². The molecule has 0 aliphatic rings. The Balaban J connectivity index is 1.74. The van der Waals surface area contributed by atoms with Crippen LogP contribution < -0.4 is 21.7 Å². The number of nitrogens with one attached hydrogen (secondary N) is 3. The molecule has 1 heterocycles. The summed E-state index contributed by atoms with van der Waals surface area (Å²) >= 11 is 0. The summed E-state index contributed by atoms with van der Waals surface area (Å²) in [7, 11) is 0. The second-order valence-electron chi connectivity index (χ2n) is 5.60. The molecule has 0 saturated carbocycles. The monoisotopic (exact) mass is 375 g/mol. The Morgan fingerprint density at radius 1 is 0.929 bits per heavy atom. The molecule has 140 valence electrons. The van der Waals surface area contributed by atoms with Crippen LogP contribution in [0.3, 0.4) is 0 Å². The average molecular weight is 375 g/mol. The van der Waals surface area contributed by atoms with Crippen LogP contribution in [-0.2, 0) is 4.79 Å². The van der Waals surface area contributed by atoms with Crippen LogP contribution in [0.1, 0.15) is 10.4 Å². The first-order valence-corrected chi connectivity index (χ1v) is 8.20. The second kappa shape index (κ2) is 8.41. The minimum Gasteiger partial charge on any atom is -0.366 e. The Kier molecular flexibility index (Phi) is 5.56. The third-order valence-electron chi connectivity index (χ3n) is 3.55. The largest absolute Gasteiger partial charge is 0.366 e. The number of rotatable bonds is 7. The number of amides is 2. The highest BCUT2D eigenvalue weighted by molar-refractivity contribution is 5.99. The van der Waals surface area contributed by atoms with Crippen molar-refractivity contribution in [2.24, 2.45) is 5.73 Å². The van der Waals surface area contributed by atoms with Crippen LogP contribution in [-0.4, -0.2) is 26.8 Å². The fourth-order valence-electron chi connectivity index (χ4n) is 2.29. The molecule has 3 rings (SSSR count). The van der Waals surface area contributed by atoms with Crippen LogP contribution in [0.5, 0.6) is 0 Å². The molecule has 9 heteroatoms. The van der Waals surface area contributed by atoms with Gasteiger partial charge in [0.05, 0.1) is 0 Å². The van der Waals surface area contributed by atoms with Crippen molar-refractivity contribution in [3.05, 3.63) is 73.1 Å². The molecule has 0 bridgehead atoms. The lowest BCUT2D eigenvalue weighted by atomic mass is 10.2. The van der Waals surface area contributed by atoms with E-state index < -0.39 is 5.91 Å². The number of nitrogens with two attached hydrogens (primary N) is 1. The molecular weight excluding hydrogens is 358 g/mol. The van der Waals surface area contributed by atoms with Gasteiger partial charge in [0.15, 0.2) is 0 Å². The number of benzene rings is 2. The average Bonchev–Trinajstić information content (AvgIpc) is 2.68. The van der Waals surface area contributed by atoms with Crippen molar-refractivity contribution in [3.63, 3.8) is 0 Å². The number of primary amides is 1. The summed E-state index contributed by atoms with van der Waals surface area (Å²) in [6.07, 6.45) is 2.54. The molecule has 0 aliphatic heterocycles. The summed E-state index contributed by atoms with van der Waals surface area (Å²) in [4.78, 5) is 35.1. The van der Waals surface area contributed by atoms with E-state index in [0.717, 1.165) is 0 Å². The highest BCUT2D eigenvalue weighted by Crippen LogP contribution is 2.19. The zero-order valence-electron chi connectivity index (χ0n) is 14.7. The Morgan fingerprint density at radius 3 is 2.18 bits per heavy atom. The van der Waals surface area contributed by atoms with Crippen molar-refractivity contribution in [2.45, 2.75) is 0 Å². The van der Waals surface area contributed by atoms with Gasteiger partial charge in [-0.15, -0.1) is 0 Å². The Hall–Kier alpha value is -4.27. The topological polar surface area (TPSA) is 135 Å². The SMILES string of the molecule is C=CC(=O)Nc1cccc(Nc2ncnc(Nc3cccc(C(N)=O)c3)n2)c1. The maximum absolute atomic E-state index is 11.4. The summed E-state index contributed by atoms with van der Waals surface area (Å²) in [5, 5.41) is 8.71. The highest BCUT2D eigenvalue weighted by atomic mass is 16.1. The van der Waals surface area contributed by atoms with E-state index in [-0.39, 0.29) is 11.9 Å². The number of carbonyl (C=O) groups excluding carboxylic acids is 2. The van der Waals surface area contributed by atoms with Gasteiger partial charge in [-0.1, -0.05) is 18.7 Å². The van der Waals surface area contributed by atoms with Gasteiger partial charge in [0.2, 0.25) is 23.7 Å². The van der Waals surface area contributed by atoms with Gasteiger partial charge in [-0.05, 0) is 42.5 Å². The van der Waals surface area contributed by atoms with E-state index in [9.17, 15) is 9.59 Å². The molecule has 2 amide bonds. The molecule has 2 aromatic carbocycles. The van der Waals surface area contributed by atoms with Crippen molar-refractivity contribution < 1.29 is 9.59 Å². The Bertz CT molecular complexity index is 1040. The molecule has 28 heavy (non-hydrogen) atoms. The predicted octanol–water partition coefficient (Wildman–Crippen LogP) is 2.58. The van der Waals surface area contributed by atoms with Crippen molar-refractivity contribution in [2.75, 3.05) is 16.0 Å². The quantitative estimate of drug-likeness (QED) is 0.466. The fourth-order valence-corrected chi connectivity index (χ4v) is 2.29. The van der Waals surface area contributed by atoms with Crippen LogP contribution in [0.4, 0.5) is 29.0 Å². The zero-order chi connectivity index (χ0) is 19.9. The van der Waals surface area contributed by atoms with E-state index in [0.29, 0.717) is 28.6 Å². The molecule has 1 aromatic heterocycles. The molecule has 0 radical (unpaired) electrons. The first-order chi connectivity index (χ1) is 13.5. The number of anilines is 5. The van der Waals surface area contributed by atoms with E-state index in [1.165, 1.54) is 12.4 Å². The number of hydrogen-bond donors (Lipinski definition) is 4. The summed E-state index contributed by atoms with van der Waals surface area (Å²) in [6.45, 7) is 3.42. The third-order valence-corrected chi connectivity index (χ3v) is 3.55. The molecule has 0 unspecified atom stereocenters. The molecule has 0 spiro atoms. The lowest BCUT2D eigenvalue weighted by Crippen LogP contribution is -2.11. The molecule has 0 aliphatic carbocycles.